The SMILES string of the molecule is COC(=O)C1(c2ccc(C)c(C)c2C)CC1. The van der Waals surface area contributed by atoms with E-state index in [-0.39, 0.29) is 11.4 Å². The van der Waals surface area contributed by atoms with Crippen LogP contribution in [0.2, 0.25) is 0 Å². The second kappa shape index (κ2) is 3.62. The summed E-state index contributed by atoms with van der Waals surface area (Å²) in [6.07, 6.45) is 1.84. The fourth-order valence-electron chi connectivity index (χ4n) is 2.38. The first kappa shape index (κ1) is 11.2. The normalized spacial score (nSPS) is 17.0. The molecule has 1 fully saturated rings. The quantitative estimate of drug-likeness (QED) is 0.713. The topological polar surface area (TPSA) is 26.3 Å². The van der Waals surface area contributed by atoms with Crippen LogP contribution < -0.4 is 0 Å². The Labute approximate surface area is 96.6 Å². The highest BCUT2D eigenvalue weighted by molar-refractivity contribution is 5.87. The minimum Gasteiger partial charge on any atom is -0.468 e. The van der Waals surface area contributed by atoms with Crippen LogP contribution in [-0.4, -0.2) is 13.1 Å². The summed E-state index contributed by atoms with van der Waals surface area (Å²) >= 11 is 0. The molecule has 2 rings (SSSR count). The summed E-state index contributed by atoms with van der Waals surface area (Å²) in [6.45, 7) is 6.31. The molecule has 16 heavy (non-hydrogen) atoms. The van der Waals surface area contributed by atoms with E-state index in [1.807, 2.05) is 0 Å². The van der Waals surface area contributed by atoms with Gasteiger partial charge in [-0.05, 0) is 55.9 Å². The molecule has 1 aromatic rings. The van der Waals surface area contributed by atoms with Gasteiger partial charge in [0.25, 0.3) is 0 Å². The number of carbonyl (C=O) groups excluding carboxylic acids is 1. The highest BCUT2D eigenvalue weighted by Crippen LogP contribution is 2.50. The van der Waals surface area contributed by atoms with Crippen molar-refractivity contribution < 1.29 is 9.53 Å². The van der Waals surface area contributed by atoms with E-state index in [0.717, 1.165) is 18.4 Å². The summed E-state index contributed by atoms with van der Waals surface area (Å²) < 4.78 is 4.92. The first-order chi connectivity index (χ1) is 7.53. The summed E-state index contributed by atoms with van der Waals surface area (Å²) in [7, 11) is 1.47. The molecule has 86 valence electrons. The highest BCUT2D eigenvalue weighted by atomic mass is 16.5. The second-order valence-electron chi connectivity index (χ2n) is 4.75. The third-order valence-electron chi connectivity index (χ3n) is 3.90. The molecule has 1 saturated carbocycles. The van der Waals surface area contributed by atoms with Crippen molar-refractivity contribution in [1.82, 2.24) is 0 Å². The van der Waals surface area contributed by atoms with Crippen LogP contribution in [0.25, 0.3) is 0 Å². The average molecular weight is 218 g/mol. The Morgan fingerprint density at radius 1 is 1.19 bits per heavy atom. The van der Waals surface area contributed by atoms with Crippen LogP contribution in [0.15, 0.2) is 12.1 Å². The van der Waals surface area contributed by atoms with Crippen LogP contribution in [0, 0.1) is 20.8 Å². The van der Waals surface area contributed by atoms with Gasteiger partial charge in [0.1, 0.15) is 0 Å². The first-order valence-electron chi connectivity index (χ1n) is 5.68. The van der Waals surface area contributed by atoms with Gasteiger partial charge in [0, 0.05) is 0 Å². The third-order valence-corrected chi connectivity index (χ3v) is 3.90. The van der Waals surface area contributed by atoms with Crippen molar-refractivity contribution in [2.45, 2.75) is 39.0 Å². The van der Waals surface area contributed by atoms with Gasteiger partial charge in [-0.1, -0.05) is 12.1 Å². The lowest BCUT2D eigenvalue weighted by atomic mass is 9.88. The molecule has 2 nitrogen and oxygen atoms in total. The zero-order chi connectivity index (χ0) is 11.9. The Balaban J connectivity index is 2.50. The maximum atomic E-state index is 11.8. The Morgan fingerprint density at radius 2 is 1.81 bits per heavy atom. The second-order valence-corrected chi connectivity index (χ2v) is 4.75. The van der Waals surface area contributed by atoms with Crippen molar-refractivity contribution in [1.29, 1.82) is 0 Å². The number of hydrogen-bond acceptors (Lipinski definition) is 2. The van der Waals surface area contributed by atoms with Gasteiger partial charge in [0.05, 0.1) is 12.5 Å². The van der Waals surface area contributed by atoms with Gasteiger partial charge in [-0.25, -0.2) is 0 Å². The van der Waals surface area contributed by atoms with Gasteiger partial charge in [0.15, 0.2) is 0 Å². The Kier molecular flexibility index (Phi) is 2.53. The fourth-order valence-corrected chi connectivity index (χ4v) is 2.38. The summed E-state index contributed by atoms with van der Waals surface area (Å²) in [5.41, 5.74) is 4.62. The molecule has 0 N–H and O–H groups in total. The van der Waals surface area contributed by atoms with Crippen LogP contribution in [-0.2, 0) is 14.9 Å². The van der Waals surface area contributed by atoms with Crippen molar-refractivity contribution in [3.05, 3.63) is 34.4 Å². The number of aryl methyl sites for hydroxylation is 1. The van der Waals surface area contributed by atoms with Crippen molar-refractivity contribution in [3.63, 3.8) is 0 Å². The molecule has 0 aromatic heterocycles. The molecule has 0 amide bonds. The molecule has 0 radical (unpaired) electrons. The number of esters is 1. The predicted octanol–water partition coefficient (Wildman–Crippen LogP) is 2.82. The van der Waals surface area contributed by atoms with Crippen molar-refractivity contribution in [2.75, 3.05) is 7.11 Å². The first-order valence-corrected chi connectivity index (χ1v) is 5.68. The van der Waals surface area contributed by atoms with Crippen LogP contribution >= 0.6 is 0 Å². The molecule has 0 atom stereocenters. The number of hydrogen-bond donors (Lipinski definition) is 0. The van der Waals surface area contributed by atoms with E-state index in [2.05, 4.69) is 32.9 Å². The largest absolute Gasteiger partial charge is 0.468 e. The molecule has 1 aromatic carbocycles. The standard InChI is InChI=1S/C14H18O2/c1-9-5-6-12(11(3)10(9)2)14(7-8-14)13(15)16-4/h5-6H,7-8H2,1-4H3. The monoisotopic (exact) mass is 218 g/mol. The molecule has 0 aliphatic heterocycles. The zero-order valence-corrected chi connectivity index (χ0v) is 10.4. The van der Waals surface area contributed by atoms with Crippen LogP contribution in [0.5, 0.6) is 0 Å². The smallest absolute Gasteiger partial charge is 0.316 e. The van der Waals surface area contributed by atoms with E-state index < -0.39 is 0 Å². The third kappa shape index (κ3) is 1.44. The molecular weight excluding hydrogens is 200 g/mol. The van der Waals surface area contributed by atoms with E-state index in [1.54, 1.807) is 0 Å². The molecular formula is C14H18O2. The van der Waals surface area contributed by atoms with Crippen molar-refractivity contribution >= 4 is 5.97 Å². The van der Waals surface area contributed by atoms with E-state index in [9.17, 15) is 4.79 Å². The minimum absolute atomic E-state index is 0.0844. The van der Waals surface area contributed by atoms with Crippen LogP contribution in [0.4, 0.5) is 0 Å². The predicted molar refractivity (Wildman–Crippen MR) is 63.6 cm³/mol. The maximum Gasteiger partial charge on any atom is 0.316 e. The Bertz CT molecular complexity index is 442. The highest BCUT2D eigenvalue weighted by Gasteiger charge is 2.53. The molecule has 0 saturated heterocycles. The Morgan fingerprint density at radius 3 is 2.31 bits per heavy atom. The molecule has 1 aliphatic carbocycles. The lowest BCUT2D eigenvalue weighted by Gasteiger charge is -2.18. The van der Waals surface area contributed by atoms with Crippen molar-refractivity contribution in [2.24, 2.45) is 0 Å². The maximum absolute atomic E-state index is 11.8. The molecule has 2 heteroatoms. The van der Waals surface area contributed by atoms with Crippen molar-refractivity contribution in [3.8, 4) is 0 Å². The van der Waals surface area contributed by atoms with E-state index in [1.165, 1.54) is 23.8 Å². The van der Waals surface area contributed by atoms with Gasteiger partial charge in [-0.2, -0.15) is 0 Å². The van der Waals surface area contributed by atoms with E-state index in [4.69, 9.17) is 4.74 Å². The summed E-state index contributed by atoms with van der Waals surface area (Å²) in [5, 5.41) is 0. The lowest BCUT2D eigenvalue weighted by Crippen LogP contribution is -2.23. The van der Waals surface area contributed by atoms with Gasteiger partial charge in [-0.3, -0.25) is 4.79 Å². The summed E-state index contributed by atoms with van der Waals surface area (Å²) in [5.74, 6) is -0.0844. The average Bonchev–Trinajstić information content (AvgIpc) is 3.06. The zero-order valence-electron chi connectivity index (χ0n) is 10.4. The van der Waals surface area contributed by atoms with Gasteiger partial charge in [0.2, 0.25) is 0 Å². The lowest BCUT2D eigenvalue weighted by molar-refractivity contribution is -0.143. The molecule has 0 bridgehead atoms. The number of methoxy groups -OCH3 is 1. The van der Waals surface area contributed by atoms with Crippen LogP contribution in [0.3, 0.4) is 0 Å². The van der Waals surface area contributed by atoms with Gasteiger partial charge < -0.3 is 4.74 Å². The van der Waals surface area contributed by atoms with Crippen LogP contribution in [0.1, 0.15) is 35.1 Å². The Hall–Kier alpha value is -1.31. The fraction of sp³-hybridized carbons (Fsp3) is 0.500. The number of benzene rings is 1. The minimum atomic E-state index is -0.336. The summed E-state index contributed by atoms with van der Waals surface area (Å²) in [4.78, 5) is 11.8. The van der Waals surface area contributed by atoms with E-state index in [0.29, 0.717) is 0 Å². The number of carbonyl (C=O) groups is 1. The number of rotatable bonds is 2. The summed E-state index contributed by atoms with van der Waals surface area (Å²) in [6, 6.07) is 4.18. The molecule has 0 unspecified atom stereocenters. The molecule has 0 heterocycles. The molecule has 1 aliphatic rings. The number of ether oxygens (including phenoxy) is 1. The van der Waals surface area contributed by atoms with E-state index >= 15 is 0 Å². The van der Waals surface area contributed by atoms with Gasteiger partial charge >= 0.3 is 5.97 Å². The van der Waals surface area contributed by atoms with Gasteiger partial charge in [-0.15, -0.1) is 0 Å². The molecule has 0 spiro atoms.